The monoisotopic (exact) mass is 307 g/mol. The molecule has 0 fully saturated rings. The summed E-state index contributed by atoms with van der Waals surface area (Å²) in [6.45, 7) is 0. The molecule has 0 spiro atoms. The Morgan fingerprint density at radius 3 is 2.43 bits per heavy atom. The van der Waals surface area contributed by atoms with Gasteiger partial charge in [0.05, 0.1) is 13.5 Å². The third kappa shape index (κ3) is 5.10. The summed E-state index contributed by atoms with van der Waals surface area (Å²) in [6.07, 6.45) is 0.144. The van der Waals surface area contributed by atoms with Crippen molar-refractivity contribution in [3.8, 4) is 11.5 Å². The first kappa shape index (κ1) is 17.0. The second-order valence-corrected chi connectivity index (χ2v) is 4.37. The average molecular weight is 308 g/mol. The summed E-state index contributed by atoms with van der Waals surface area (Å²) in [5.74, 6) is 1.12. The number of carbonyl (C=O) groups excluding carboxylic acids is 1. The van der Waals surface area contributed by atoms with E-state index in [1.54, 1.807) is 0 Å². The van der Waals surface area contributed by atoms with Crippen LogP contribution in [0.5, 0.6) is 11.5 Å². The Morgan fingerprint density at radius 1 is 1.10 bits per heavy atom. The molecule has 21 heavy (non-hydrogen) atoms. The van der Waals surface area contributed by atoms with Gasteiger partial charge >= 0.3 is 5.97 Å². The third-order valence-corrected chi connectivity index (χ3v) is 2.88. The molecule has 0 aliphatic rings. The van der Waals surface area contributed by atoms with E-state index in [1.165, 1.54) is 7.11 Å². The van der Waals surface area contributed by atoms with Crippen molar-refractivity contribution in [2.24, 2.45) is 5.73 Å². The van der Waals surface area contributed by atoms with E-state index in [9.17, 15) is 4.79 Å². The number of carbonyl (C=O) groups is 1. The van der Waals surface area contributed by atoms with E-state index in [0.29, 0.717) is 5.75 Å². The van der Waals surface area contributed by atoms with Crippen molar-refractivity contribution in [1.29, 1.82) is 0 Å². The first-order valence-corrected chi connectivity index (χ1v) is 6.34. The van der Waals surface area contributed by atoms with Crippen molar-refractivity contribution >= 4 is 18.4 Å². The first-order chi connectivity index (χ1) is 9.69. The van der Waals surface area contributed by atoms with Crippen LogP contribution in [-0.4, -0.2) is 13.1 Å². The molecule has 112 valence electrons. The highest BCUT2D eigenvalue weighted by Crippen LogP contribution is 2.24. The van der Waals surface area contributed by atoms with Gasteiger partial charge in [0.1, 0.15) is 11.5 Å². The summed E-state index contributed by atoms with van der Waals surface area (Å²) in [5.41, 5.74) is 6.81. The summed E-state index contributed by atoms with van der Waals surface area (Å²) in [4.78, 5) is 11.2. The maximum Gasteiger partial charge on any atom is 0.307 e. The van der Waals surface area contributed by atoms with Gasteiger partial charge in [0.25, 0.3) is 0 Å². The zero-order valence-electron chi connectivity index (χ0n) is 11.7. The Kier molecular flexibility index (Phi) is 6.72. The van der Waals surface area contributed by atoms with Crippen LogP contribution in [0.4, 0.5) is 0 Å². The molecule has 0 unspecified atom stereocenters. The Morgan fingerprint density at radius 2 is 1.76 bits per heavy atom. The Bertz CT molecular complexity index is 575. The fraction of sp³-hybridized carbons (Fsp3) is 0.188. The minimum Gasteiger partial charge on any atom is -0.469 e. The lowest BCUT2D eigenvalue weighted by Crippen LogP contribution is -2.16. The number of ether oxygens (including phenoxy) is 2. The van der Waals surface area contributed by atoms with E-state index in [-0.39, 0.29) is 24.8 Å². The van der Waals surface area contributed by atoms with Crippen molar-refractivity contribution in [3.05, 3.63) is 60.2 Å². The second kappa shape index (κ2) is 8.29. The number of hydrogen-bond acceptors (Lipinski definition) is 4. The van der Waals surface area contributed by atoms with Gasteiger partial charge in [-0.3, -0.25) is 4.79 Å². The minimum atomic E-state index is -0.401. The summed E-state index contributed by atoms with van der Waals surface area (Å²) < 4.78 is 10.3. The number of nitrogens with two attached hydrogens (primary N) is 1. The average Bonchev–Trinajstić information content (AvgIpc) is 2.48. The van der Waals surface area contributed by atoms with Crippen molar-refractivity contribution in [3.63, 3.8) is 0 Å². The number of halogens is 1. The Balaban J connectivity index is 0.00000220. The fourth-order valence-corrected chi connectivity index (χ4v) is 1.81. The first-order valence-electron chi connectivity index (χ1n) is 6.34. The SMILES string of the molecule is COC(=O)C[C@H](N)c1cccc(Oc2ccccc2)c1.Cl. The van der Waals surface area contributed by atoms with Crippen LogP contribution < -0.4 is 10.5 Å². The van der Waals surface area contributed by atoms with Gasteiger partial charge in [-0.2, -0.15) is 0 Å². The van der Waals surface area contributed by atoms with E-state index in [2.05, 4.69) is 4.74 Å². The minimum absolute atomic E-state index is 0. The number of benzene rings is 2. The van der Waals surface area contributed by atoms with Gasteiger partial charge in [-0.1, -0.05) is 30.3 Å². The maximum absolute atomic E-state index is 11.2. The lowest BCUT2D eigenvalue weighted by molar-refractivity contribution is -0.141. The van der Waals surface area contributed by atoms with Gasteiger partial charge in [0.15, 0.2) is 0 Å². The molecule has 2 aromatic carbocycles. The number of esters is 1. The molecule has 0 radical (unpaired) electrons. The van der Waals surface area contributed by atoms with Crippen LogP contribution in [0.3, 0.4) is 0 Å². The molecule has 2 aromatic rings. The third-order valence-electron chi connectivity index (χ3n) is 2.88. The Labute approximate surface area is 130 Å². The van der Waals surface area contributed by atoms with Gasteiger partial charge in [-0.25, -0.2) is 0 Å². The molecule has 4 nitrogen and oxygen atoms in total. The number of para-hydroxylation sites is 1. The molecule has 0 saturated carbocycles. The van der Waals surface area contributed by atoms with Gasteiger partial charge in [-0.05, 0) is 29.8 Å². The van der Waals surface area contributed by atoms with E-state index in [1.807, 2.05) is 54.6 Å². The summed E-state index contributed by atoms with van der Waals surface area (Å²) in [5, 5.41) is 0. The van der Waals surface area contributed by atoms with Crippen LogP contribution in [0, 0.1) is 0 Å². The quantitative estimate of drug-likeness (QED) is 0.859. The van der Waals surface area contributed by atoms with E-state index < -0.39 is 6.04 Å². The highest BCUT2D eigenvalue weighted by molar-refractivity contribution is 5.85. The topological polar surface area (TPSA) is 61.5 Å². The van der Waals surface area contributed by atoms with Crippen molar-refractivity contribution in [2.75, 3.05) is 7.11 Å². The van der Waals surface area contributed by atoms with Crippen LogP contribution in [0.2, 0.25) is 0 Å². The van der Waals surface area contributed by atoms with Crippen LogP contribution in [0.1, 0.15) is 18.0 Å². The van der Waals surface area contributed by atoms with E-state index >= 15 is 0 Å². The lowest BCUT2D eigenvalue weighted by atomic mass is 10.0. The molecule has 0 bridgehead atoms. The molecule has 1 atom stereocenters. The van der Waals surface area contributed by atoms with Crippen molar-refractivity contribution in [2.45, 2.75) is 12.5 Å². The summed E-state index contributed by atoms with van der Waals surface area (Å²) in [7, 11) is 1.35. The molecule has 5 heteroatoms. The molecule has 0 aliphatic heterocycles. The molecule has 2 N–H and O–H groups in total. The van der Waals surface area contributed by atoms with Crippen LogP contribution in [-0.2, 0) is 9.53 Å². The summed E-state index contributed by atoms with van der Waals surface area (Å²) in [6, 6.07) is 16.5. The number of hydrogen-bond donors (Lipinski definition) is 1. The maximum atomic E-state index is 11.2. The molecular weight excluding hydrogens is 290 g/mol. The van der Waals surface area contributed by atoms with E-state index in [0.717, 1.165) is 11.3 Å². The standard InChI is InChI=1S/C16H17NO3.ClH/c1-19-16(18)11-15(17)12-6-5-9-14(10-12)20-13-7-3-2-4-8-13;/h2-10,15H,11,17H2,1H3;1H/t15-;/m0./s1. The zero-order valence-corrected chi connectivity index (χ0v) is 12.5. The molecule has 0 aromatic heterocycles. The largest absolute Gasteiger partial charge is 0.469 e. The summed E-state index contributed by atoms with van der Waals surface area (Å²) >= 11 is 0. The predicted octanol–water partition coefficient (Wildman–Crippen LogP) is 3.46. The highest BCUT2D eigenvalue weighted by Gasteiger charge is 2.12. The molecular formula is C16H18ClNO3. The predicted molar refractivity (Wildman–Crippen MR) is 83.8 cm³/mol. The second-order valence-electron chi connectivity index (χ2n) is 4.37. The zero-order chi connectivity index (χ0) is 14.4. The number of methoxy groups -OCH3 is 1. The van der Waals surface area contributed by atoms with Crippen molar-refractivity contribution < 1.29 is 14.3 Å². The van der Waals surface area contributed by atoms with Crippen molar-refractivity contribution in [1.82, 2.24) is 0 Å². The molecule has 0 heterocycles. The van der Waals surface area contributed by atoms with Crippen LogP contribution in [0.15, 0.2) is 54.6 Å². The Hall–Kier alpha value is -2.04. The van der Waals surface area contributed by atoms with E-state index in [4.69, 9.17) is 10.5 Å². The van der Waals surface area contributed by atoms with Gasteiger partial charge < -0.3 is 15.2 Å². The molecule has 2 rings (SSSR count). The van der Waals surface area contributed by atoms with Gasteiger partial charge in [0.2, 0.25) is 0 Å². The number of rotatable bonds is 5. The van der Waals surface area contributed by atoms with Crippen LogP contribution in [0.25, 0.3) is 0 Å². The van der Waals surface area contributed by atoms with Crippen LogP contribution >= 0.6 is 12.4 Å². The smallest absolute Gasteiger partial charge is 0.307 e. The molecule has 0 amide bonds. The lowest BCUT2D eigenvalue weighted by Gasteiger charge is -2.12. The molecule has 0 saturated heterocycles. The van der Waals surface area contributed by atoms with Gasteiger partial charge in [0, 0.05) is 6.04 Å². The van der Waals surface area contributed by atoms with Gasteiger partial charge in [-0.15, -0.1) is 12.4 Å². The normalized spacial score (nSPS) is 11.1. The fourth-order valence-electron chi connectivity index (χ4n) is 1.81. The molecule has 0 aliphatic carbocycles. The highest BCUT2D eigenvalue weighted by atomic mass is 35.5.